The van der Waals surface area contributed by atoms with E-state index in [1.807, 2.05) is 60.0 Å². The maximum Gasteiger partial charge on any atom is 0.205 e. The molecule has 2 aromatic carbocycles. The van der Waals surface area contributed by atoms with Crippen LogP contribution in [0.3, 0.4) is 0 Å². The lowest BCUT2D eigenvalue weighted by molar-refractivity contribution is 0.104. The van der Waals surface area contributed by atoms with Gasteiger partial charge in [0.05, 0.1) is 23.4 Å². The van der Waals surface area contributed by atoms with E-state index in [9.17, 15) is 4.79 Å². The molecule has 0 aliphatic rings. The van der Waals surface area contributed by atoms with Crippen LogP contribution in [0.5, 0.6) is 5.75 Å². The molecule has 5 aromatic rings. The largest absolute Gasteiger partial charge is 0.497 e. The number of hydrogen-bond donors (Lipinski definition) is 1. The highest BCUT2D eigenvalue weighted by Gasteiger charge is 2.22. The lowest BCUT2D eigenvalue weighted by Gasteiger charge is -2.09. The Balaban J connectivity index is 1.75. The number of nitrogens with zero attached hydrogens (tertiary/aromatic N) is 1. The predicted octanol–water partition coefficient (Wildman–Crippen LogP) is 6.51. The van der Waals surface area contributed by atoms with Gasteiger partial charge in [0, 0.05) is 10.9 Å². The van der Waals surface area contributed by atoms with Crippen LogP contribution in [0.4, 0.5) is 5.69 Å². The zero-order valence-corrected chi connectivity index (χ0v) is 18.3. The first-order chi connectivity index (χ1) is 15.2. The van der Waals surface area contributed by atoms with Gasteiger partial charge in [-0.1, -0.05) is 48.5 Å². The Bertz CT molecular complexity index is 1370. The van der Waals surface area contributed by atoms with Crippen molar-refractivity contribution in [2.75, 3.05) is 12.8 Å². The van der Waals surface area contributed by atoms with Gasteiger partial charge in [-0.2, -0.15) is 0 Å². The van der Waals surface area contributed by atoms with Crippen molar-refractivity contribution in [3.63, 3.8) is 0 Å². The molecule has 0 saturated heterocycles. The Hall–Kier alpha value is -3.48. The third-order valence-corrected chi connectivity index (χ3v) is 7.11. The first-order valence-electron chi connectivity index (χ1n) is 9.67. The Kier molecular flexibility index (Phi) is 5.02. The van der Waals surface area contributed by atoms with Gasteiger partial charge in [-0.25, -0.2) is 4.98 Å². The van der Waals surface area contributed by atoms with Crippen LogP contribution in [0.25, 0.3) is 31.9 Å². The SMILES string of the molecule is COc1ccc(-c2cc(-c3cccs3)nc3sc(C(=O)c4ccccc4)c(N)c23)cc1. The van der Waals surface area contributed by atoms with Crippen molar-refractivity contribution < 1.29 is 9.53 Å². The average molecular weight is 443 g/mol. The number of carbonyl (C=O) groups excluding carboxylic acids is 1. The summed E-state index contributed by atoms with van der Waals surface area (Å²) in [4.78, 5) is 20.4. The maximum atomic E-state index is 13.2. The summed E-state index contributed by atoms with van der Waals surface area (Å²) in [6.07, 6.45) is 0. The van der Waals surface area contributed by atoms with Crippen LogP contribution in [0.2, 0.25) is 0 Å². The third-order valence-electron chi connectivity index (χ3n) is 5.12. The summed E-state index contributed by atoms with van der Waals surface area (Å²) in [5, 5.41) is 2.84. The molecule has 3 heterocycles. The van der Waals surface area contributed by atoms with Crippen molar-refractivity contribution >= 4 is 44.4 Å². The lowest BCUT2D eigenvalue weighted by Crippen LogP contribution is -2.01. The van der Waals surface area contributed by atoms with Crippen molar-refractivity contribution in [3.05, 3.63) is 88.6 Å². The molecule has 0 saturated carbocycles. The quantitative estimate of drug-likeness (QED) is 0.315. The second-order valence-corrected chi connectivity index (χ2v) is 8.93. The summed E-state index contributed by atoms with van der Waals surface area (Å²) in [6, 6.07) is 23.2. The minimum Gasteiger partial charge on any atom is -0.497 e. The number of methoxy groups -OCH3 is 1. The van der Waals surface area contributed by atoms with E-state index in [0.717, 1.165) is 37.7 Å². The number of hydrogen-bond acceptors (Lipinski definition) is 6. The number of anilines is 1. The first-order valence-corrected chi connectivity index (χ1v) is 11.4. The summed E-state index contributed by atoms with van der Waals surface area (Å²) in [6.45, 7) is 0. The van der Waals surface area contributed by atoms with E-state index in [1.165, 1.54) is 11.3 Å². The number of aromatic nitrogens is 1. The normalized spacial score (nSPS) is 11.0. The molecule has 6 heteroatoms. The molecule has 0 bridgehead atoms. The molecule has 2 N–H and O–H groups in total. The molecular weight excluding hydrogens is 424 g/mol. The summed E-state index contributed by atoms with van der Waals surface area (Å²) in [5.74, 6) is 0.699. The molecule has 152 valence electrons. The number of ether oxygens (including phenoxy) is 1. The summed E-state index contributed by atoms with van der Waals surface area (Å²) in [5.41, 5.74) is 10.5. The van der Waals surface area contributed by atoms with Crippen molar-refractivity contribution in [2.45, 2.75) is 0 Å². The standard InChI is InChI=1S/C25H18N2O2S2/c1-29-17-11-9-15(10-12-17)18-14-19(20-8-5-13-30-20)27-25-21(18)22(26)24(31-25)23(28)16-6-3-2-4-7-16/h2-14H,26H2,1H3. The minimum atomic E-state index is -0.0838. The van der Waals surface area contributed by atoms with Gasteiger partial charge in [0.25, 0.3) is 0 Å². The number of nitrogen functional groups attached to an aromatic ring is 1. The number of benzene rings is 2. The number of pyridine rings is 1. The molecule has 5 rings (SSSR count). The zero-order valence-electron chi connectivity index (χ0n) is 16.7. The maximum absolute atomic E-state index is 13.2. The molecule has 0 atom stereocenters. The molecule has 0 radical (unpaired) electrons. The van der Waals surface area contributed by atoms with Gasteiger partial charge in [0.2, 0.25) is 5.78 Å². The van der Waals surface area contributed by atoms with Gasteiger partial charge in [-0.05, 0) is 40.8 Å². The molecular formula is C25H18N2O2S2. The molecule has 31 heavy (non-hydrogen) atoms. The van der Waals surface area contributed by atoms with E-state index >= 15 is 0 Å². The summed E-state index contributed by atoms with van der Waals surface area (Å²) < 4.78 is 5.31. The third kappa shape index (κ3) is 3.50. The Morgan fingerprint density at radius 3 is 2.45 bits per heavy atom. The molecule has 0 unspecified atom stereocenters. The van der Waals surface area contributed by atoms with Crippen LogP contribution >= 0.6 is 22.7 Å². The van der Waals surface area contributed by atoms with Gasteiger partial charge in [0.15, 0.2) is 0 Å². The van der Waals surface area contributed by atoms with Crippen molar-refractivity contribution in [3.8, 4) is 27.4 Å². The zero-order chi connectivity index (χ0) is 21.4. The van der Waals surface area contributed by atoms with E-state index in [-0.39, 0.29) is 5.78 Å². The van der Waals surface area contributed by atoms with Crippen molar-refractivity contribution in [1.82, 2.24) is 4.98 Å². The lowest BCUT2D eigenvalue weighted by atomic mass is 10.00. The summed E-state index contributed by atoms with van der Waals surface area (Å²) >= 11 is 2.98. The number of rotatable bonds is 5. The second-order valence-electron chi connectivity index (χ2n) is 6.98. The first kappa shape index (κ1) is 19.5. The van der Waals surface area contributed by atoms with Crippen LogP contribution in [0.15, 0.2) is 78.2 Å². The van der Waals surface area contributed by atoms with Crippen LogP contribution in [0.1, 0.15) is 15.2 Å². The van der Waals surface area contributed by atoms with E-state index in [0.29, 0.717) is 16.1 Å². The molecule has 3 aromatic heterocycles. The number of thiophene rings is 2. The Morgan fingerprint density at radius 1 is 1.00 bits per heavy atom. The van der Waals surface area contributed by atoms with Gasteiger partial charge in [0.1, 0.15) is 15.5 Å². The smallest absolute Gasteiger partial charge is 0.205 e. The van der Waals surface area contributed by atoms with Gasteiger partial charge < -0.3 is 10.5 Å². The number of fused-ring (bicyclic) bond motifs is 1. The fourth-order valence-corrected chi connectivity index (χ4v) is 5.33. The fourth-order valence-electron chi connectivity index (χ4n) is 3.56. The Morgan fingerprint density at radius 2 is 1.77 bits per heavy atom. The predicted molar refractivity (Wildman–Crippen MR) is 129 cm³/mol. The molecule has 0 aliphatic heterocycles. The molecule has 0 amide bonds. The van der Waals surface area contributed by atoms with Gasteiger partial charge >= 0.3 is 0 Å². The van der Waals surface area contributed by atoms with Crippen molar-refractivity contribution in [2.24, 2.45) is 0 Å². The highest BCUT2D eigenvalue weighted by atomic mass is 32.1. The summed E-state index contributed by atoms with van der Waals surface area (Å²) in [7, 11) is 1.65. The highest BCUT2D eigenvalue weighted by molar-refractivity contribution is 7.21. The highest BCUT2D eigenvalue weighted by Crippen LogP contribution is 2.42. The molecule has 0 fully saturated rings. The van der Waals surface area contributed by atoms with Crippen molar-refractivity contribution in [1.29, 1.82) is 0 Å². The Labute approximate surface area is 187 Å². The van der Waals surface area contributed by atoms with E-state index in [1.54, 1.807) is 30.6 Å². The fraction of sp³-hybridized carbons (Fsp3) is 0.0400. The minimum absolute atomic E-state index is 0.0838. The number of nitrogens with two attached hydrogens (primary N) is 1. The van der Waals surface area contributed by atoms with Crippen LogP contribution in [0, 0.1) is 0 Å². The van der Waals surface area contributed by atoms with E-state index in [2.05, 4.69) is 6.07 Å². The van der Waals surface area contributed by atoms with Gasteiger partial charge in [-0.15, -0.1) is 22.7 Å². The second kappa shape index (κ2) is 7.98. The van der Waals surface area contributed by atoms with Gasteiger partial charge in [-0.3, -0.25) is 4.79 Å². The van der Waals surface area contributed by atoms with E-state index < -0.39 is 0 Å². The number of ketones is 1. The topological polar surface area (TPSA) is 65.2 Å². The molecule has 4 nitrogen and oxygen atoms in total. The molecule has 0 aliphatic carbocycles. The van der Waals surface area contributed by atoms with Crippen LogP contribution in [-0.2, 0) is 0 Å². The van der Waals surface area contributed by atoms with Crippen LogP contribution < -0.4 is 10.5 Å². The number of carbonyl (C=O) groups is 1. The average Bonchev–Trinajstić information content (AvgIpc) is 3.47. The molecule has 0 spiro atoms. The van der Waals surface area contributed by atoms with Crippen LogP contribution in [-0.4, -0.2) is 17.9 Å². The van der Waals surface area contributed by atoms with E-state index in [4.69, 9.17) is 15.5 Å². The monoisotopic (exact) mass is 442 g/mol.